The second-order valence-electron chi connectivity index (χ2n) is 13.8. The van der Waals surface area contributed by atoms with E-state index in [0.29, 0.717) is 30.9 Å². The van der Waals surface area contributed by atoms with Crippen molar-refractivity contribution in [2.75, 3.05) is 24.8 Å². The molecule has 1 amide bonds. The van der Waals surface area contributed by atoms with E-state index in [0.717, 1.165) is 48.8 Å². The minimum absolute atomic E-state index is 0.0313. The van der Waals surface area contributed by atoms with E-state index < -0.39 is 16.4 Å². The fourth-order valence-corrected chi connectivity index (χ4v) is 6.90. The molecule has 0 radical (unpaired) electrons. The van der Waals surface area contributed by atoms with Crippen molar-refractivity contribution < 1.29 is 14.0 Å². The van der Waals surface area contributed by atoms with Crippen LogP contribution in [0.3, 0.4) is 0 Å². The standard InChI is InChI=1S/C28H48N4O3Si2/c1-28(2,3)37(7,8)35-18-21-9-11-22(12-10-21)32-19-30-27(33)24-17-29-26-23(25(24)32)13-14-31(26)20-34-15-16-36(4,5)6/h13-14,17,21-22H,9-12,15-16,18-20H2,1-8H3,(H,30,33)/t21-,22-. The maximum atomic E-state index is 12.8. The Balaban J connectivity index is 1.45. The lowest BCUT2D eigenvalue weighted by atomic mass is 9.85. The predicted octanol–water partition coefficient (Wildman–Crippen LogP) is 6.44. The van der Waals surface area contributed by atoms with E-state index >= 15 is 0 Å². The summed E-state index contributed by atoms with van der Waals surface area (Å²) in [6, 6.07) is 3.66. The SMILES string of the molecule is CC(C)(C)[Si](C)(C)OC[C@H]1CC[C@H](N2CNC(=O)c3cnc4c(ccn4COCC[Si](C)(C)C)c32)CC1. The van der Waals surface area contributed by atoms with E-state index in [1.54, 1.807) is 6.20 Å². The number of hydrogen-bond donors (Lipinski definition) is 1. The second-order valence-corrected chi connectivity index (χ2v) is 24.2. The Bertz CT molecular complexity index is 1100. The topological polar surface area (TPSA) is 68.6 Å². The molecule has 1 aliphatic heterocycles. The van der Waals surface area contributed by atoms with Crippen LogP contribution in [0.25, 0.3) is 11.0 Å². The molecule has 0 atom stereocenters. The number of nitrogens with zero attached hydrogens (tertiary/aromatic N) is 3. The van der Waals surface area contributed by atoms with Crippen LogP contribution >= 0.6 is 0 Å². The molecular weight excluding hydrogens is 497 g/mol. The summed E-state index contributed by atoms with van der Waals surface area (Å²) in [5.74, 6) is 0.590. The van der Waals surface area contributed by atoms with Gasteiger partial charge in [-0.1, -0.05) is 40.4 Å². The van der Waals surface area contributed by atoms with Gasteiger partial charge in [0.2, 0.25) is 0 Å². The molecule has 7 nitrogen and oxygen atoms in total. The molecular formula is C28H48N4O3Si2. The van der Waals surface area contributed by atoms with Gasteiger partial charge in [-0.2, -0.15) is 0 Å². The Morgan fingerprint density at radius 3 is 2.46 bits per heavy atom. The molecule has 0 aromatic carbocycles. The van der Waals surface area contributed by atoms with Crippen LogP contribution in [0, 0.1) is 5.92 Å². The number of amides is 1. The number of ether oxygens (including phenoxy) is 1. The van der Waals surface area contributed by atoms with E-state index in [-0.39, 0.29) is 10.9 Å². The Morgan fingerprint density at radius 2 is 1.81 bits per heavy atom. The molecule has 2 aromatic heterocycles. The number of carbonyl (C=O) groups is 1. The first kappa shape index (κ1) is 28.3. The summed E-state index contributed by atoms with van der Waals surface area (Å²) in [6.07, 6.45) is 8.36. The van der Waals surface area contributed by atoms with Crippen molar-refractivity contribution in [1.29, 1.82) is 0 Å². The Hall–Kier alpha value is -1.69. The van der Waals surface area contributed by atoms with Gasteiger partial charge in [0.25, 0.3) is 5.91 Å². The van der Waals surface area contributed by atoms with E-state index in [2.05, 4.69) is 79.3 Å². The Morgan fingerprint density at radius 1 is 1.11 bits per heavy atom. The molecule has 0 bridgehead atoms. The van der Waals surface area contributed by atoms with Gasteiger partial charge in [-0.25, -0.2) is 4.98 Å². The largest absolute Gasteiger partial charge is 0.417 e. The van der Waals surface area contributed by atoms with Crippen molar-refractivity contribution in [3.63, 3.8) is 0 Å². The third-order valence-corrected chi connectivity index (χ3v) is 14.9. The smallest absolute Gasteiger partial charge is 0.256 e. The van der Waals surface area contributed by atoms with Crippen molar-refractivity contribution in [1.82, 2.24) is 14.9 Å². The van der Waals surface area contributed by atoms with Gasteiger partial charge in [0.05, 0.1) is 17.9 Å². The highest BCUT2D eigenvalue weighted by atomic mass is 28.4. The van der Waals surface area contributed by atoms with Gasteiger partial charge >= 0.3 is 0 Å². The summed E-state index contributed by atoms with van der Waals surface area (Å²) in [4.78, 5) is 19.9. The molecule has 0 spiro atoms. The van der Waals surface area contributed by atoms with Crippen LogP contribution in [0.2, 0.25) is 43.8 Å². The van der Waals surface area contributed by atoms with Gasteiger partial charge in [0.15, 0.2) is 8.32 Å². The molecule has 2 aliphatic rings. The van der Waals surface area contributed by atoms with Crippen LogP contribution in [-0.2, 0) is 15.9 Å². The third kappa shape index (κ3) is 6.49. The summed E-state index contributed by atoms with van der Waals surface area (Å²) < 4.78 is 14.6. The van der Waals surface area contributed by atoms with E-state index in [1.807, 2.05) is 6.20 Å². The van der Waals surface area contributed by atoms with E-state index in [4.69, 9.17) is 9.16 Å². The summed E-state index contributed by atoms with van der Waals surface area (Å²) >= 11 is 0. The number of aromatic nitrogens is 2. The molecule has 37 heavy (non-hydrogen) atoms. The Labute approximate surface area is 225 Å². The minimum Gasteiger partial charge on any atom is -0.417 e. The molecule has 9 heteroatoms. The van der Waals surface area contributed by atoms with Crippen LogP contribution in [0.5, 0.6) is 0 Å². The molecule has 2 aromatic rings. The number of carbonyl (C=O) groups excluding carboxylic acids is 1. The van der Waals surface area contributed by atoms with E-state index in [9.17, 15) is 4.79 Å². The highest BCUT2D eigenvalue weighted by Crippen LogP contribution is 2.40. The van der Waals surface area contributed by atoms with Crippen LogP contribution in [0.4, 0.5) is 5.69 Å². The second kappa shape index (κ2) is 10.8. The summed E-state index contributed by atoms with van der Waals surface area (Å²) in [5, 5.41) is 4.38. The molecule has 1 N–H and O–H groups in total. The zero-order chi connectivity index (χ0) is 27.0. The number of pyridine rings is 1. The molecule has 3 heterocycles. The maximum Gasteiger partial charge on any atom is 0.256 e. The molecule has 0 unspecified atom stereocenters. The van der Waals surface area contributed by atoms with Gasteiger partial charge in [0.1, 0.15) is 12.4 Å². The zero-order valence-electron chi connectivity index (χ0n) is 24.3. The molecule has 1 saturated carbocycles. The van der Waals surface area contributed by atoms with Gasteiger partial charge in [-0.3, -0.25) is 4.79 Å². The first-order valence-electron chi connectivity index (χ1n) is 14.0. The van der Waals surface area contributed by atoms with E-state index in [1.165, 1.54) is 12.8 Å². The summed E-state index contributed by atoms with van der Waals surface area (Å²) in [5.41, 5.74) is 2.61. The Kier molecular flexibility index (Phi) is 8.29. The average Bonchev–Trinajstić information content (AvgIpc) is 3.23. The minimum atomic E-state index is -1.72. The number of fused-ring (bicyclic) bond motifs is 3. The lowest BCUT2D eigenvalue weighted by molar-refractivity contribution is 0.0899. The van der Waals surface area contributed by atoms with Crippen molar-refractivity contribution in [3.05, 3.63) is 24.0 Å². The molecule has 1 fully saturated rings. The quantitative estimate of drug-likeness (QED) is 0.291. The van der Waals surface area contributed by atoms with Gasteiger partial charge in [0, 0.05) is 45.1 Å². The molecule has 0 saturated heterocycles. The number of hydrogen-bond acceptors (Lipinski definition) is 5. The molecule has 1 aliphatic carbocycles. The van der Waals surface area contributed by atoms with Crippen LogP contribution in [-0.4, -0.2) is 57.8 Å². The fraction of sp³-hybridized carbons (Fsp3) is 0.714. The number of rotatable bonds is 9. The first-order chi connectivity index (χ1) is 17.3. The van der Waals surface area contributed by atoms with Crippen LogP contribution in [0.15, 0.2) is 18.5 Å². The number of anilines is 1. The number of nitrogens with one attached hydrogen (secondary N) is 1. The highest BCUT2D eigenvalue weighted by molar-refractivity contribution is 6.76. The lowest BCUT2D eigenvalue weighted by Crippen LogP contribution is -2.50. The fourth-order valence-electron chi connectivity index (χ4n) is 5.05. The van der Waals surface area contributed by atoms with Crippen LogP contribution in [0.1, 0.15) is 56.8 Å². The lowest BCUT2D eigenvalue weighted by Gasteiger charge is -2.42. The molecule has 206 valence electrons. The van der Waals surface area contributed by atoms with Gasteiger partial charge < -0.3 is 23.9 Å². The van der Waals surface area contributed by atoms with Crippen molar-refractivity contribution in [2.45, 2.75) is 103 Å². The first-order valence-corrected chi connectivity index (χ1v) is 20.6. The van der Waals surface area contributed by atoms with Gasteiger partial charge in [-0.15, -0.1) is 0 Å². The third-order valence-electron chi connectivity index (χ3n) is 8.67. The van der Waals surface area contributed by atoms with Crippen molar-refractivity contribution in [3.8, 4) is 0 Å². The molecule has 4 rings (SSSR count). The maximum absolute atomic E-state index is 12.8. The predicted molar refractivity (Wildman–Crippen MR) is 158 cm³/mol. The van der Waals surface area contributed by atoms with Crippen LogP contribution < -0.4 is 10.2 Å². The van der Waals surface area contributed by atoms with Gasteiger partial charge in [-0.05, 0) is 61.8 Å². The monoisotopic (exact) mass is 544 g/mol. The van der Waals surface area contributed by atoms with Crippen molar-refractivity contribution in [2.24, 2.45) is 5.92 Å². The summed E-state index contributed by atoms with van der Waals surface area (Å²) in [6.45, 7) is 21.4. The van der Waals surface area contributed by atoms with Crippen molar-refractivity contribution >= 4 is 39.0 Å². The normalized spacial score (nSPS) is 21.3. The highest BCUT2D eigenvalue weighted by Gasteiger charge is 2.38. The average molecular weight is 545 g/mol. The summed E-state index contributed by atoms with van der Waals surface area (Å²) in [7, 11) is -2.84. The zero-order valence-corrected chi connectivity index (χ0v) is 26.3.